The van der Waals surface area contributed by atoms with E-state index in [1.54, 1.807) is 0 Å². The molecule has 0 aromatic heterocycles. The van der Waals surface area contributed by atoms with E-state index >= 15 is 0 Å². The fourth-order valence-electron chi connectivity index (χ4n) is 2.16. The van der Waals surface area contributed by atoms with Crippen LogP contribution in [0.4, 0.5) is 0 Å². The second-order valence-corrected chi connectivity index (χ2v) is 6.98. The van der Waals surface area contributed by atoms with Crippen molar-refractivity contribution in [2.45, 2.75) is 71.6 Å². The first-order valence-corrected chi connectivity index (χ1v) is 9.28. The maximum Gasteiger partial charge on any atom is 0.0260 e. The Morgan fingerprint density at radius 1 is 0.938 bits per heavy atom. The second kappa shape index (κ2) is 11.8. The Hall–Kier alpha value is 0.370. The maximum absolute atomic E-state index is 11.1. The van der Waals surface area contributed by atoms with Gasteiger partial charge in [-0.15, -0.1) is 0 Å². The number of hydrogen-bond donors (Lipinski definition) is 1. The van der Waals surface area contributed by atoms with Gasteiger partial charge < -0.3 is 0 Å². The molecule has 0 aliphatic carbocycles. The summed E-state index contributed by atoms with van der Waals surface area (Å²) in [5.74, 6) is 1.39. The summed E-state index contributed by atoms with van der Waals surface area (Å²) in [5.41, 5.74) is 0. The first-order valence-electron chi connectivity index (χ1n) is 6.82. The van der Waals surface area contributed by atoms with Gasteiger partial charge in [0.2, 0.25) is 0 Å². The largest absolute Gasteiger partial charge is 0.260 e. The molecule has 16 heavy (non-hydrogen) atoms. The maximum atomic E-state index is 11.1. The van der Waals surface area contributed by atoms with E-state index in [0.29, 0.717) is 5.92 Å². The van der Waals surface area contributed by atoms with Crippen molar-refractivity contribution < 1.29 is 4.21 Å². The molecule has 0 aliphatic heterocycles. The fraction of sp³-hybridized carbons (Fsp3) is 1.00. The van der Waals surface area contributed by atoms with E-state index in [0.717, 1.165) is 5.75 Å². The smallest absolute Gasteiger partial charge is 0.0260 e. The Morgan fingerprint density at radius 2 is 1.56 bits per heavy atom. The van der Waals surface area contributed by atoms with Crippen molar-refractivity contribution in [2.24, 2.45) is 5.92 Å². The molecule has 2 atom stereocenters. The Bertz CT molecular complexity index is 204. The van der Waals surface area contributed by atoms with E-state index in [4.69, 9.17) is 11.2 Å². The molecule has 2 unspecified atom stereocenters. The average Bonchev–Trinajstić information content (AvgIpc) is 2.22. The van der Waals surface area contributed by atoms with Crippen LogP contribution in [0.3, 0.4) is 0 Å². The lowest BCUT2D eigenvalue weighted by atomic mass is 9.98. The van der Waals surface area contributed by atoms with Gasteiger partial charge in [0.25, 0.3) is 0 Å². The van der Waals surface area contributed by atoms with Crippen molar-refractivity contribution >= 4 is 20.5 Å². The molecule has 0 rings (SSSR count). The zero-order valence-electron chi connectivity index (χ0n) is 10.9. The van der Waals surface area contributed by atoms with Crippen LogP contribution in [0.15, 0.2) is 0 Å². The van der Waals surface area contributed by atoms with Crippen molar-refractivity contribution in [3.8, 4) is 0 Å². The van der Waals surface area contributed by atoms with E-state index in [9.17, 15) is 4.21 Å². The summed E-state index contributed by atoms with van der Waals surface area (Å²) in [7, 11) is -1.35. The third-order valence-corrected chi connectivity index (χ3v) is 4.33. The highest BCUT2D eigenvalue weighted by Gasteiger charge is 2.07. The van der Waals surface area contributed by atoms with Crippen molar-refractivity contribution in [3.05, 3.63) is 0 Å². The van der Waals surface area contributed by atoms with E-state index in [1.807, 2.05) is 0 Å². The molecule has 0 radical (unpaired) electrons. The van der Waals surface area contributed by atoms with Crippen LogP contribution in [0.5, 0.6) is 0 Å². The summed E-state index contributed by atoms with van der Waals surface area (Å²) in [5, 5.41) is 0. The van der Waals surface area contributed by atoms with Crippen molar-refractivity contribution in [3.63, 3.8) is 0 Å². The Balaban J connectivity index is 3.51. The lowest BCUT2D eigenvalue weighted by Gasteiger charge is -2.13. The Kier molecular flexibility index (Phi) is 12.1. The SMILES string of the molecule is CCCCCCCCC(CCC)C[SH](=O)=S. The average molecular weight is 264 g/mol. The molecule has 0 aliphatic rings. The molecule has 0 spiro atoms. The minimum absolute atomic E-state index is 0.622. The molecule has 98 valence electrons. The van der Waals surface area contributed by atoms with E-state index < -0.39 is 9.36 Å². The zero-order chi connectivity index (χ0) is 12.2. The van der Waals surface area contributed by atoms with Gasteiger partial charge in [-0.1, -0.05) is 58.8 Å². The molecule has 3 heteroatoms. The van der Waals surface area contributed by atoms with Gasteiger partial charge in [-0.3, -0.25) is 4.21 Å². The molecule has 0 heterocycles. The van der Waals surface area contributed by atoms with Crippen LogP contribution in [-0.2, 0) is 20.5 Å². The Morgan fingerprint density at radius 3 is 2.12 bits per heavy atom. The molecule has 0 saturated heterocycles. The molecule has 0 N–H and O–H groups in total. The number of rotatable bonds is 11. The highest BCUT2D eigenvalue weighted by molar-refractivity contribution is 8.21. The van der Waals surface area contributed by atoms with Crippen LogP contribution in [-0.4, -0.2) is 9.96 Å². The quantitative estimate of drug-likeness (QED) is 0.447. The highest BCUT2D eigenvalue weighted by Crippen LogP contribution is 2.17. The molecular weight excluding hydrogens is 236 g/mol. The monoisotopic (exact) mass is 264 g/mol. The fourth-order valence-corrected chi connectivity index (χ4v) is 3.58. The van der Waals surface area contributed by atoms with Gasteiger partial charge >= 0.3 is 0 Å². The van der Waals surface area contributed by atoms with Crippen molar-refractivity contribution in [1.29, 1.82) is 0 Å². The van der Waals surface area contributed by atoms with Crippen LogP contribution >= 0.6 is 0 Å². The van der Waals surface area contributed by atoms with Gasteiger partial charge in [-0.25, -0.2) is 0 Å². The number of unbranched alkanes of at least 4 members (excludes halogenated alkanes) is 5. The molecule has 1 nitrogen and oxygen atoms in total. The summed E-state index contributed by atoms with van der Waals surface area (Å²) in [4.78, 5) is 0. The van der Waals surface area contributed by atoms with Crippen LogP contribution in [0.25, 0.3) is 0 Å². The first kappa shape index (κ1) is 16.4. The van der Waals surface area contributed by atoms with Gasteiger partial charge in [0.05, 0.1) is 0 Å². The number of hydrogen-bond acceptors (Lipinski definition) is 2. The standard InChI is InChI=1S/C13H28OS2/c1-3-5-6-7-8-9-11-13(10-4-2)12-16(14)15/h13,16H,3-12H2,1-2H3. The summed E-state index contributed by atoms with van der Waals surface area (Å²) in [6, 6.07) is 0. The minimum Gasteiger partial charge on any atom is -0.260 e. The lowest BCUT2D eigenvalue weighted by molar-refractivity contribution is 0.456. The van der Waals surface area contributed by atoms with Crippen molar-refractivity contribution in [2.75, 3.05) is 5.75 Å². The molecule has 0 fully saturated rings. The van der Waals surface area contributed by atoms with E-state index in [2.05, 4.69) is 13.8 Å². The van der Waals surface area contributed by atoms with E-state index in [-0.39, 0.29) is 0 Å². The molecule has 0 aromatic rings. The van der Waals surface area contributed by atoms with Gasteiger partial charge in [0.15, 0.2) is 0 Å². The summed E-state index contributed by atoms with van der Waals surface area (Å²) in [6.45, 7) is 4.45. The van der Waals surface area contributed by atoms with Gasteiger partial charge in [-0.2, -0.15) is 0 Å². The van der Waals surface area contributed by atoms with Gasteiger partial charge in [0, 0.05) is 15.1 Å². The third-order valence-electron chi connectivity index (χ3n) is 3.07. The summed E-state index contributed by atoms with van der Waals surface area (Å²) < 4.78 is 11.1. The predicted molar refractivity (Wildman–Crippen MR) is 78.2 cm³/mol. The molecular formula is C13H28OS2. The first-order chi connectivity index (χ1) is 7.70. The van der Waals surface area contributed by atoms with Crippen LogP contribution in [0.2, 0.25) is 0 Å². The lowest BCUT2D eigenvalue weighted by Crippen LogP contribution is -2.07. The van der Waals surface area contributed by atoms with Crippen LogP contribution in [0.1, 0.15) is 71.6 Å². The Labute approximate surface area is 108 Å². The minimum atomic E-state index is -1.35. The van der Waals surface area contributed by atoms with Crippen molar-refractivity contribution in [1.82, 2.24) is 0 Å². The predicted octanol–water partition coefficient (Wildman–Crippen LogP) is 4.10. The van der Waals surface area contributed by atoms with Gasteiger partial charge in [0.1, 0.15) is 0 Å². The van der Waals surface area contributed by atoms with Crippen LogP contribution in [0, 0.1) is 5.92 Å². The number of thiol groups is 1. The summed E-state index contributed by atoms with van der Waals surface area (Å²) >= 11 is 4.81. The van der Waals surface area contributed by atoms with Gasteiger partial charge in [-0.05, 0) is 29.9 Å². The molecule has 0 saturated carbocycles. The van der Waals surface area contributed by atoms with E-state index in [1.165, 1.54) is 57.8 Å². The highest BCUT2D eigenvalue weighted by atomic mass is 32.8. The molecule has 0 aromatic carbocycles. The topological polar surface area (TPSA) is 17.1 Å². The van der Waals surface area contributed by atoms with Crippen LogP contribution < -0.4 is 0 Å². The molecule has 0 bridgehead atoms. The second-order valence-electron chi connectivity index (χ2n) is 4.73. The normalized spacial score (nSPS) is 14.9. The summed E-state index contributed by atoms with van der Waals surface area (Å²) in [6.07, 6.45) is 11.7. The zero-order valence-corrected chi connectivity index (χ0v) is 12.6. The molecule has 0 amide bonds. The third kappa shape index (κ3) is 10.9.